The second kappa shape index (κ2) is 12.7. The normalized spacial score (nSPS) is 10.1. The number of fused-ring (bicyclic) bond motifs is 2. The molecule has 4 aromatic carbocycles. The van der Waals surface area contributed by atoms with Gasteiger partial charge in [0, 0.05) is 11.1 Å². The van der Waals surface area contributed by atoms with E-state index in [1.807, 2.05) is 76.2 Å². The molecule has 0 saturated heterocycles. The fourth-order valence-corrected chi connectivity index (χ4v) is 4.35. The molecule has 2 nitrogen and oxygen atoms in total. The Hall–Kier alpha value is -3.26. The Bertz CT molecular complexity index is 1140. The summed E-state index contributed by atoms with van der Waals surface area (Å²) in [4.78, 5) is 24.7. The van der Waals surface area contributed by atoms with Crippen molar-refractivity contribution >= 4 is 33.1 Å². The minimum absolute atomic E-state index is 0.104. The number of hydrogen-bond donors (Lipinski definition) is 0. The highest BCUT2D eigenvalue weighted by atomic mass is 16.1. The van der Waals surface area contributed by atoms with Crippen molar-refractivity contribution in [2.75, 3.05) is 0 Å². The third kappa shape index (κ3) is 5.96. The summed E-state index contributed by atoms with van der Waals surface area (Å²) < 4.78 is 0. The molecule has 172 valence electrons. The zero-order chi connectivity index (χ0) is 24.4. The molecule has 0 aliphatic heterocycles. The molecule has 4 aromatic rings. The fourth-order valence-electron chi connectivity index (χ4n) is 4.35. The lowest BCUT2D eigenvalue weighted by molar-refractivity contribution is 0.101. The van der Waals surface area contributed by atoms with Gasteiger partial charge in [0.05, 0.1) is 0 Å². The topological polar surface area (TPSA) is 34.1 Å². The van der Waals surface area contributed by atoms with Crippen molar-refractivity contribution in [1.82, 2.24) is 0 Å². The second-order valence-electron chi connectivity index (χ2n) is 7.61. The molecular formula is C31H36O2. The first-order valence-corrected chi connectivity index (χ1v) is 12.1. The SMILES string of the molecule is CC.CC.CC(=O)c1c(CCCc2ccc3ccccc3c2C(C)=O)ccc2ccccc12. The predicted molar refractivity (Wildman–Crippen MR) is 143 cm³/mol. The zero-order valence-corrected chi connectivity index (χ0v) is 20.9. The number of carbonyl (C=O) groups is 2. The first-order valence-electron chi connectivity index (χ1n) is 12.1. The van der Waals surface area contributed by atoms with Crippen molar-refractivity contribution in [3.05, 3.63) is 95.1 Å². The van der Waals surface area contributed by atoms with Crippen LogP contribution < -0.4 is 0 Å². The Kier molecular flexibility index (Phi) is 10.00. The second-order valence-corrected chi connectivity index (χ2v) is 7.61. The van der Waals surface area contributed by atoms with Crippen LogP contribution in [0.1, 0.15) is 79.8 Å². The van der Waals surface area contributed by atoms with E-state index in [4.69, 9.17) is 0 Å². The minimum atomic E-state index is 0.104. The Balaban J connectivity index is 0.000000914. The molecule has 0 bridgehead atoms. The summed E-state index contributed by atoms with van der Waals surface area (Å²) in [6, 6.07) is 24.4. The molecule has 0 aliphatic rings. The van der Waals surface area contributed by atoms with Crippen molar-refractivity contribution in [1.29, 1.82) is 0 Å². The maximum absolute atomic E-state index is 12.4. The van der Waals surface area contributed by atoms with Gasteiger partial charge in [0.25, 0.3) is 0 Å². The largest absolute Gasteiger partial charge is 0.294 e. The van der Waals surface area contributed by atoms with Gasteiger partial charge < -0.3 is 0 Å². The average Bonchev–Trinajstić information content (AvgIpc) is 2.85. The van der Waals surface area contributed by atoms with Gasteiger partial charge in [-0.2, -0.15) is 0 Å². The fraction of sp³-hybridized carbons (Fsp3) is 0.290. The van der Waals surface area contributed by atoms with Gasteiger partial charge in [-0.25, -0.2) is 0 Å². The summed E-state index contributed by atoms with van der Waals surface area (Å²) in [5, 5.41) is 4.23. The molecule has 0 fully saturated rings. The number of rotatable bonds is 6. The van der Waals surface area contributed by atoms with E-state index < -0.39 is 0 Å². The van der Waals surface area contributed by atoms with Gasteiger partial charge >= 0.3 is 0 Å². The molecule has 0 spiro atoms. The number of carbonyl (C=O) groups excluding carboxylic acids is 2. The average molecular weight is 441 g/mol. The molecular weight excluding hydrogens is 404 g/mol. The van der Waals surface area contributed by atoms with E-state index in [-0.39, 0.29) is 11.6 Å². The molecule has 4 rings (SSSR count). The van der Waals surface area contributed by atoms with Crippen molar-refractivity contribution < 1.29 is 9.59 Å². The van der Waals surface area contributed by atoms with Crippen LogP contribution >= 0.6 is 0 Å². The van der Waals surface area contributed by atoms with E-state index in [0.717, 1.165) is 63.1 Å². The third-order valence-electron chi connectivity index (χ3n) is 5.63. The van der Waals surface area contributed by atoms with Gasteiger partial charge in [-0.15, -0.1) is 0 Å². The van der Waals surface area contributed by atoms with Crippen LogP contribution in [0.15, 0.2) is 72.8 Å². The van der Waals surface area contributed by atoms with Gasteiger partial charge in [-0.3, -0.25) is 9.59 Å². The van der Waals surface area contributed by atoms with Crippen LogP contribution in [0.5, 0.6) is 0 Å². The number of Topliss-reactive ketones (excluding diaryl/α,β-unsaturated/α-hetero) is 2. The molecule has 33 heavy (non-hydrogen) atoms. The molecule has 0 atom stereocenters. The van der Waals surface area contributed by atoms with Crippen molar-refractivity contribution in [2.24, 2.45) is 0 Å². The molecule has 0 N–H and O–H groups in total. The highest BCUT2D eigenvalue weighted by molar-refractivity contribution is 6.09. The van der Waals surface area contributed by atoms with Gasteiger partial charge in [-0.05, 0) is 65.8 Å². The summed E-state index contributed by atoms with van der Waals surface area (Å²) in [6.07, 6.45) is 2.51. The molecule has 0 aliphatic carbocycles. The Morgan fingerprint density at radius 2 is 0.909 bits per heavy atom. The molecule has 0 amide bonds. The maximum atomic E-state index is 12.4. The standard InChI is InChI=1S/C27H24O2.2C2H6/c1-18(28)26-22(16-14-20-8-3-5-12-24(20)26)10-7-11-23-17-15-21-9-4-6-13-25(21)27(23)19(2)29;2*1-2/h3-6,8-9,12-17H,7,10-11H2,1-2H3;2*1-2H3. The highest BCUT2D eigenvalue weighted by Crippen LogP contribution is 2.27. The molecule has 0 saturated carbocycles. The summed E-state index contributed by atoms with van der Waals surface area (Å²) >= 11 is 0. The van der Waals surface area contributed by atoms with E-state index >= 15 is 0 Å². The van der Waals surface area contributed by atoms with Crippen LogP contribution in [0, 0.1) is 0 Å². The maximum Gasteiger partial charge on any atom is 0.160 e. The first-order chi connectivity index (χ1) is 16.1. The van der Waals surface area contributed by atoms with Crippen molar-refractivity contribution in [2.45, 2.75) is 60.8 Å². The smallest absolute Gasteiger partial charge is 0.160 e. The first kappa shape index (κ1) is 26.0. The Morgan fingerprint density at radius 1 is 0.545 bits per heavy atom. The Labute approximate surface area is 198 Å². The van der Waals surface area contributed by atoms with Crippen molar-refractivity contribution in [3.63, 3.8) is 0 Å². The molecule has 0 unspecified atom stereocenters. The lowest BCUT2D eigenvalue weighted by Crippen LogP contribution is -2.04. The van der Waals surface area contributed by atoms with Gasteiger partial charge in [-0.1, -0.05) is 100 Å². The third-order valence-corrected chi connectivity index (χ3v) is 5.63. The zero-order valence-electron chi connectivity index (χ0n) is 20.9. The van der Waals surface area contributed by atoms with Crippen LogP contribution in [0.3, 0.4) is 0 Å². The van der Waals surface area contributed by atoms with E-state index in [9.17, 15) is 9.59 Å². The Morgan fingerprint density at radius 3 is 1.27 bits per heavy atom. The van der Waals surface area contributed by atoms with Crippen LogP contribution in [0.4, 0.5) is 0 Å². The molecule has 0 aromatic heterocycles. The number of ketones is 2. The number of hydrogen-bond acceptors (Lipinski definition) is 2. The summed E-state index contributed by atoms with van der Waals surface area (Å²) in [6.45, 7) is 11.3. The summed E-state index contributed by atoms with van der Waals surface area (Å²) in [5.41, 5.74) is 3.82. The van der Waals surface area contributed by atoms with E-state index in [1.165, 1.54) is 0 Å². The van der Waals surface area contributed by atoms with Crippen molar-refractivity contribution in [3.8, 4) is 0 Å². The summed E-state index contributed by atoms with van der Waals surface area (Å²) in [5.74, 6) is 0.207. The summed E-state index contributed by atoms with van der Waals surface area (Å²) in [7, 11) is 0. The van der Waals surface area contributed by atoms with E-state index in [2.05, 4.69) is 24.3 Å². The van der Waals surface area contributed by atoms with Gasteiger partial charge in [0.2, 0.25) is 0 Å². The lowest BCUT2D eigenvalue weighted by atomic mass is 9.90. The van der Waals surface area contributed by atoms with Gasteiger partial charge in [0.15, 0.2) is 11.6 Å². The molecule has 2 heteroatoms. The van der Waals surface area contributed by atoms with Gasteiger partial charge in [0.1, 0.15) is 0 Å². The number of benzene rings is 4. The molecule has 0 heterocycles. The van der Waals surface area contributed by atoms with Crippen LogP contribution in [-0.4, -0.2) is 11.6 Å². The monoisotopic (exact) mass is 440 g/mol. The minimum Gasteiger partial charge on any atom is -0.294 e. The predicted octanol–water partition coefficient (Wildman–Crippen LogP) is 8.63. The van der Waals surface area contributed by atoms with Crippen LogP contribution in [0.2, 0.25) is 0 Å². The molecule has 0 radical (unpaired) electrons. The van der Waals surface area contributed by atoms with Crippen LogP contribution in [-0.2, 0) is 12.8 Å². The lowest BCUT2D eigenvalue weighted by Gasteiger charge is -2.13. The van der Waals surface area contributed by atoms with E-state index in [1.54, 1.807) is 13.8 Å². The van der Waals surface area contributed by atoms with Crippen LogP contribution in [0.25, 0.3) is 21.5 Å². The number of aryl methyl sites for hydroxylation is 2. The van der Waals surface area contributed by atoms with E-state index in [0.29, 0.717) is 0 Å². The highest BCUT2D eigenvalue weighted by Gasteiger charge is 2.14. The quantitative estimate of drug-likeness (QED) is 0.281.